The van der Waals surface area contributed by atoms with Crippen LogP contribution in [0.4, 0.5) is 0 Å². The summed E-state index contributed by atoms with van der Waals surface area (Å²) in [6.07, 6.45) is 1.56. The molecule has 0 aliphatic carbocycles. The second-order valence-electron chi connectivity index (χ2n) is 4.50. The average Bonchev–Trinajstić information content (AvgIpc) is 2.38. The number of benzene rings is 1. The van der Waals surface area contributed by atoms with Crippen molar-refractivity contribution in [2.45, 2.75) is 19.8 Å². The maximum Gasteiger partial charge on any atom is 0.306 e. The van der Waals surface area contributed by atoms with Crippen LogP contribution in [0.15, 0.2) is 22.7 Å². The van der Waals surface area contributed by atoms with E-state index in [4.69, 9.17) is 9.84 Å². The summed E-state index contributed by atoms with van der Waals surface area (Å²) in [4.78, 5) is 10.6. The number of hydrogen-bond acceptors (Lipinski definition) is 3. The molecule has 1 rings (SSSR count). The van der Waals surface area contributed by atoms with Gasteiger partial charge in [0.1, 0.15) is 5.75 Å². The third-order valence-electron chi connectivity index (χ3n) is 2.98. The van der Waals surface area contributed by atoms with Crippen LogP contribution < -0.4 is 10.1 Å². The summed E-state index contributed by atoms with van der Waals surface area (Å²) in [5.74, 6) is -0.199. The zero-order valence-electron chi connectivity index (χ0n) is 11.3. The minimum atomic E-state index is -0.735. The fourth-order valence-electron chi connectivity index (χ4n) is 1.67. The van der Waals surface area contributed by atoms with Gasteiger partial charge in [-0.1, -0.05) is 13.0 Å². The lowest BCUT2D eigenvalue weighted by Crippen LogP contribution is -2.22. The highest BCUT2D eigenvalue weighted by Crippen LogP contribution is 2.25. The molecule has 1 atom stereocenters. The minimum absolute atomic E-state index is 0.289. The Morgan fingerprint density at radius 2 is 2.21 bits per heavy atom. The van der Waals surface area contributed by atoms with Crippen molar-refractivity contribution in [3.05, 3.63) is 28.2 Å². The number of ether oxygens (including phenoxy) is 1. The van der Waals surface area contributed by atoms with Crippen LogP contribution in [0, 0.1) is 5.92 Å². The molecule has 0 radical (unpaired) electrons. The van der Waals surface area contributed by atoms with Gasteiger partial charge in [-0.2, -0.15) is 0 Å². The topological polar surface area (TPSA) is 58.6 Å². The number of methoxy groups -OCH3 is 1. The van der Waals surface area contributed by atoms with E-state index >= 15 is 0 Å². The fourth-order valence-corrected chi connectivity index (χ4v) is 2.25. The van der Waals surface area contributed by atoms with E-state index in [1.807, 2.05) is 18.2 Å². The van der Waals surface area contributed by atoms with Gasteiger partial charge in [-0.05, 0) is 59.6 Å². The summed E-state index contributed by atoms with van der Waals surface area (Å²) in [6.45, 7) is 3.29. The number of carboxylic acid groups (broad SMARTS) is 1. The van der Waals surface area contributed by atoms with E-state index in [-0.39, 0.29) is 5.92 Å². The predicted molar refractivity (Wildman–Crippen MR) is 78.7 cm³/mol. The van der Waals surface area contributed by atoms with E-state index in [9.17, 15) is 4.79 Å². The van der Waals surface area contributed by atoms with Crippen molar-refractivity contribution in [3.63, 3.8) is 0 Å². The lowest BCUT2D eigenvalue weighted by molar-refractivity contribution is -0.141. The Morgan fingerprint density at radius 1 is 1.47 bits per heavy atom. The average molecular weight is 330 g/mol. The van der Waals surface area contributed by atoms with Crippen LogP contribution >= 0.6 is 15.9 Å². The first-order chi connectivity index (χ1) is 9.04. The maximum absolute atomic E-state index is 10.6. The molecule has 1 aromatic rings. The van der Waals surface area contributed by atoms with Gasteiger partial charge in [-0.25, -0.2) is 0 Å². The first-order valence-electron chi connectivity index (χ1n) is 6.30. The molecule has 0 amide bonds. The highest BCUT2D eigenvalue weighted by molar-refractivity contribution is 9.10. The highest BCUT2D eigenvalue weighted by atomic mass is 79.9. The van der Waals surface area contributed by atoms with E-state index in [1.54, 1.807) is 14.0 Å². The molecule has 106 valence electrons. The van der Waals surface area contributed by atoms with Crippen molar-refractivity contribution in [3.8, 4) is 5.75 Å². The summed E-state index contributed by atoms with van der Waals surface area (Å²) in [6, 6.07) is 6.01. The molecular formula is C14H20BrNO3. The standard InChI is InChI=1S/C14H20BrNO3/c1-10(14(17)18)5-7-16-8-6-11-3-4-13(19-2)12(15)9-11/h3-4,9-10,16H,5-8H2,1-2H3,(H,17,18). The maximum atomic E-state index is 10.6. The quantitative estimate of drug-likeness (QED) is 0.720. The van der Waals surface area contributed by atoms with E-state index in [2.05, 4.69) is 21.2 Å². The number of carboxylic acids is 1. The molecule has 5 heteroatoms. The smallest absolute Gasteiger partial charge is 0.306 e. The molecule has 4 nitrogen and oxygen atoms in total. The molecular weight excluding hydrogens is 310 g/mol. The molecule has 0 saturated heterocycles. The van der Waals surface area contributed by atoms with E-state index < -0.39 is 5.97 Å². The molecule has 0 bridgehead atoms. The molecule has 0 heterocycles. The van der Waals surface area contributed by atoms with Gasteiger partial charge in [0.25, 0.3) is 0 Å². The van der Waals surface area contributed by atoms with Crippen LogP contribution in [0.3, 0.4) is 0 Å². The van der Waals surface area contributed by atoms with E-state index in [0.29, 0.717) is 6.42 Å². The normalized spacial score (nSPS) is 12.2. The minimum Gasteiger partial charge on any atom is -0.496 e. The summed E-state index contributed by atoms with van der Waals surface area (Å²) >= 11 is 3.45. The van der Waals surface area contributed by atoms with Crippen molar-refractivity contribution in [1.82, 2.24) is 5.32 Å². The Bertz CT molecular complexity index is 423. The van der Waals surface area contributed by atoms with E-state index in [0.717, 1.165) is 29.7 Å². The number of rotatable bonds is 8. The first kappa shape index (κ1) is 16.0. The van der Waals surface area contributed by atoms with Gasteiger partial charge in [0.2, 0.25) is 0 Å². The van der Waals surface area contributed by atoms with Gasteiger partial charge in [0.05, 0.1) is 17.5 Å². The number of halogens is 1. The van der Waals surface area contributed by atoms with Gasteiger partial charge in [0, 0.05) is 0 Å². The zero-order valence-corrected chi connectivity index (χ0v) is 12.9. The van der Waals surface area contributed by atoms with Gasteiger partial charge < -0.3 is 15.2 Å². The number of nitrogens with one attached hydrogen (secondary N) is 1. The summed E-state index contributed by atoms with van der Waals surface area (Å²) in [5.41, 5.74) is 1.21. The lowest BCUT2D eigenvalue weighted by atomic mass is 10.1. The molecule has 19 heavy (non-hydrogen) atoms. The Kier molecular flexibility index (Phi) is 6.87. The van der Waals surface area contributed by atoms with Crippen LogP contribution in [0.1, 0.15) is 18.9 Å². The van der Waals surface area contributed by atoms with Gasteiger partial charge >= 0.3 is 5.97 Å². The SMILES string of the molecule is COc1ccc(CCNCCC(C)C(=O)O)cc1Br. The largest absolute Gasteiger partial charge is 0.496 e. The third kappa shape index (κ3) is 5.61. The second kappa shape index (κ2) is 8.17. The molecule has 0 aliphatic rings. The number of carbonyl (C=O) groups is 1. The Labute approximate surface area is 122 Å². The van der Waals surface area contributed by atoms with Crippen LogP contribution in [-0.4, -0.2) is 31.3 Å². The van der Waals surface area contributed by atoms with E-state index in [1.165, 1.54) is 5.56 Å². The lowest BCUT2D eigenvalue weighted by Gasteiger charge is -2.09. The molecule has 0 aliphatic heterocycles. The monoisotopic (exact) mass is 329 g/mol. The van der Waals surface area contributed by atoms with Crippen molar-refractivity contribution >= 4 is 21.9 Å². The first-order valence-corrected chi connectivity index (χ1v) is 7.10. The second-order valence-corrected chi connectivity index (χ2v) is 5.35. The van der Waals surface area contributed by atoms with Crippen LogP contribution in [0.25, 0.3) is 0 Å². The summed E-state index contributed by atoms with van der Waals surface area (Å²) < 4.78 is 6.12. The molecule has 0 spiro atoms. The van der Waals surface area contributed by atoms with Gasteiger partial charge in [0.15, 0.2) is 0 Å². The summed E-state index contributed by atoms with van der Waals surface area (Å²) in [5, 5.41) is 12.0. The fraction of sp³-hybridized carbons (Fsp3) is 0.500. The molecule has 0 aromatic heterocycles. The highest BCUT2D eigenvalue weighted by Gasteiger charge is 2.09. The van der Waals surface area contributed by atoms with Gasteiger partial charge in [-0.15, -0.1) is 0 Å². The molecule has 0 fully saturated rings. The number of aliphatic carboxylic acids is 1. The van der Waals surface area contributed by atoms with Crippen molar-refractivity contribution < 1.29 is 14.6 Å². The summed E-state index contributed by atoms with van der Waals surface area (Å²) in [7, 11) is 1.64. The third-order valence-corrected chi connectivity index (χ3v) is 3.60. The predicted octanol–water partition coefficient (Wildman–Crippen LogP) is 2.70. The molecule has 0 saturated carbocycles. The number of hydrogen-bond donors (Lipinski definition) is 2. The van der Waals surface area contributed by atoms with Crippen molar-refractivity contribution in [2.75, 3.05) is 20.2 Å². The van der Waals surface area contributed by atoms with Crippen molar-refractivity contribution in [2.24, 2.45) is 5.92 Å². The molecule has 1 unspecified atom stereocenters. The van der Waals surface area contributed by atoms with Crippen molar-refractivity contribution in [1.29, 1.82) is 0 Å². The Morgan fingerprint density at radius 3 is 2.79 bits per heavy atom. The van der Waals surface area contributed by atoms with Gasteiger partial charge in [-0.3, -0.25) is 4.79 Å². The van der Waals surface area contributed by atoms with Crippen LogP contribution in [0.5, 0.6) is 5.75 Å². The Hall–Kier alpha value is -1.07. The molecule has 1 aromatic carbocycles. The van der Waals surface area contributed by atoms with Crippen LogP contribution in [0.2, 0.25) is 0 Å². The zero-order chi connectivity index (χ0) is 14.3. The Balaban J connectivity index is 2.26. The van der Waals surface area contributed by atoms with Crippen LogP contribution in [-0.2, 0) is 11.2 Å². The molecule has 2 N–H and O–H groups in total.